The SMILES string of the molecule is Cc1ccc(O[C@@H](C)C(=O)Nc2cccc(Cl)c2)c(C)c1. The number of hydrogen-bond donors (Lipinski definition) is 1. The van der Waals surface area contributed by atoms with Crippen molar-refractivity contribution < 1.29 is 9.53 Å². The third-order valence-corrected chi connectivity index (χ3v) is 3.33. The van der Waals surface area contributed by atoms with E-state index in [1.54, 1.807) is 31.2 Å². The molecule has 1 N–H and O–H groups in total. The van der Waals surface area contributed by atoms with Gasteiger partial charge in [0.2, 0.25) is 0 Å². The van der Waals surface area contributed by atoms with Gasteiger partial charge in [0.15, 0.2) is 6.10 Å². The van der Waals surface area contributed by atoms with Crippen molar-refractivity contribution in [1.82, 2.24) is 0 Å². The van der Waals surface area contributed by atoms with Gasteiger partial charge >= 0.3 is 0 Å². The normalized spacial score (nSPS) is 11.8. The molecule has 4 heteroatoms. The van der Waals surface area contributed by atoms with Crippen LogP contribution >= 0.6 is 11.6 Å². The lowest BCUT2D eigenvalue weighted by molar-refractivity contribution is -0.122. The van der Waals surface area contributed by atoms with E-state index in [9.17, 15) is 4.79 Å². The molecule has 0 aromatic heterocycles. The molecule has 1 atom stereocenters. The molecule has 0 fully saturated rings. The number of aryl methyl sites for hydroxylation is 2. The Kier molecular flexibility index (Phi) is 4.86. The van der Waals surface area contributed by atoms with Crippen molar-refractivity contribution in [3.63, 3.8) is 0 Å². The van der Waals surface area contributed by atoms with Gasteiger partial charge in [-0.1, -0.05) is 35.4 Å². The number of carbonyl (C=O) groups excluding carboxylic acids is 1. The van der Waals surface area contributed by atoms with Crippen LogP contribution < -0.4 is 10.1 Å². The Morgan fingerprint density at radius 2 is 1.95 bits per heavy atom. The summed E-state index contributed by atoms with van der Waals surface area (Å²) in [5.41, 5.74) is 2.83. The first-order valence-corrected chi connectivity index (χ1v) is 7.14. The van der Waals surface area contributed by atoms with Crippen molar-refractivity contribution in [3.8, 4) is 5.75 Å². The number of benzene rings is 2. The topological polar surface area (TPSA) is 38.3 Å². The summed E-state index contributed by atoms with van der Waals surface area (Å²) >= 11 is 5.89. The van der Waals surface area contributed by atoms with Crippen LogP contribution in [0.5, 0.6) is 5.75 Å². The number of carbonyl (C=O) groups is 1. The zero-order valence-electron chi connectivity index (χ0n) is 12.3. The molecule has 0 radical (unpaired) electrons. The van der Waals surface area contributed by atoms with Crippen LogP contribution in [-0.4, -0.2) is 12.0 Å². The molecule has 110 valence electrons. The first kappa shape index (κ1) is 15.4. The van der Waals surface area contributed by atoms with Crippen molar-refractivity contribution in [2.75, 3.05) is 5.32 Å². The molecular formula is C17H18ClNO2. The van der Waals surface area contributed by atoms with Gasteiger partial charge in [-0.2, -0.15) is 0 Å². The molecule has 21 heavy (non-hydrogen) atoms. The molecule has 2 rings (SSSR count). The summed E-state index contributed by atoms with van der Waals surface area (Å²) in [6.07, 6.45) is -0.592. The van der Waals surface area contributed by atoms with E-state index in [2.05, 4.69) is 5.32 Å². The molecule has 1 amide bonds. The molecule has 0 saturated carbocycles. The highest BCUT2D eigenvalue weighted by Gasteiger charge is 2.16. The van der Waals surface area contributed by atoms with Gasteiger partial charge in [-0.25, -0.2) is 0 Å². The van der Waals surface area contributed by atoms with E-state index < -0.39 is 6.10 Å². The number of amides is 1. The summed E-state index contributed by atoms with van der Waals surface area (Å²) in [4.78, 5) is 12.1. The Morgan fingerprint density at radius 1 is 1.19 bits per heavy atom. The number of nitrogens with one attached hydrogen (secondary N) is 1. The quantitative estimate of drug-likeness (QED) is 0.911. The van der Waals surface area contributed by atoms with Gasteiger partial charge in [0.1, 0.15) is 5.75 Å². The van der Waals surface area contributed by atoms with E-state index in [1.165, 1.54) is 0 Å². The maximum Gasteiger partial charge on any atom is 0.265 e. The molecule has 2 aromatic carbocycles. The average molecular weight is 304 g/mol. The van der Waals surface area contributed by atoms with Crippen LogP contribution in [0.2, 0.25) is 5.02 Å². The number of rotatable bonds is 4. The monoisotopic (exact) mass is 303 g/mol. The minimum atomic E-state index is -0.592. The Balaban J connectivity index is 2.02. The number of halogens is 1. The van der Waals surface area contributed by atoms with Gasteiger partial charge in [0.05, 0.1) is 0 Å². The average Bonchev–Trinajstić information content (AvgIpc) is 2.41. The van der Waals surface area contributed by atoms with Crippen LogP contribution in [0.1, 0.15) is 18.1 Å². The summed E-state index contributed by atoms with van der Waals surface area (Å²) in [6.45, 7) is 5.70. The fourth-order valence-electron chi connectivity index (χ4n) is 1.99. The summed E-state index contributed by atoms with van der Waals surface area (Å²) in [6, 6.07) is 12.9. The van der Waals surface area contributed by atoms with Crippen LogP contribution in [0.3, 0.4) is 0 Å². The van der Waals surface area contributed by atoms with E-state index in [1.807, 2.05) is 32.0 Å². The molecular weight excluding hydrogens is 286 g/mol. The molecule has 2 aromatic rings. The molecule has 0 spiro atoms. The van der Waals surface area contributed by atoms with E-state index in [0.717, 1.165) is 11.1 Å². The van der Waals surface area contributed by atoms with Crippen molar-refractivity contribution in [2.45, 2.75) is 26.9 Å². The van der Waals surface area contributed by atoms with E-state index in [4.69, 9.17) is 16.3 Å². The fourth-order valence-corrected chi connectivity index (χ4v) is 2.18. The van der Waals surface area contributed by atoms with Gasteiger partial charge in [-0.3, -0.25) is 4.79 Å². The number of anilines is 1. The first-order valence-electron chi connectivity index (χ1n) is 6.76. The van der Waals surface area contributed by atoms with Gasteiger partial charge < -0.3 is 10.1 Å². The summed E-state index contributed by atoms with van der Waals surface area (Å²) in [7, 11) is 0. The Bertz CT molecular complexity index is 655. The standard InChI is InChI=1S/C17H18ClNO2/c1-11-7-8-16(12(2)9-11)21-13(3)17(20)19-15-6-4-5-14(18)10-15/h4-10,13H,1-3H3,(H,19,20)/t13-/m0/s1. The summed E-state index contributed by atoms with van der Waals surface area (Å²) < 4.78 is 5.72. The van der Waals surface area contributed by atoms with Crippen LogP contribution in [0.25, 0.3) is 0 Å². The molecule has 0 aliphatic rings. The molecule has 0 aliphatic heterocycles. The van der Waals surface area contributed by atoms with Gasteiger partial charge in [-0.15, -0.1) is 0 Å². The second kappa shape index (κ2) is 6.64. The van der Waals surface area contributed by atoms with Crippen molar-refractivity contribution >= 4 is 23.2 Å². The molecule has 0 heterocycles. The lowest BCUT2D eigenvalue weighted by atomic mass is 10.1. The highest BCUT2D eigenvalue weighted by Crippen LogP contribution is 2.21. The zero-order valence-corrected chi connectivity index (χ0v) is 13.1. The second-order valence-electron chi connectivity index (χ2n) is 5.03. The van der Waals surface area contributed by atoms with Crippen molar-refractivity contribution in [1.29, 1.82) is 0 Å². The molecule has 0 aliphatic carbocycles. The third-order valence-electron chi connectivity index (χ3n) is 3.10. The minimum absolute atomic E-state index is 0.211. The van der Waals surface area contributed by atoms with E-state index in [-0.39, 0.29) is 5.91 Å². The predicted molar refractivity (Wildman–Crippen MR) is 86.1 cm³/mol. The van der Waals surface area contributed by atoms with Crippen molar-refractivity contribution in [3.05, 3.63) is 58.6 Å². The number of ether oxygens (including phenoxy) is 1. The van der Waals surface area contributed by atoms with Gasteiger partial charge in [0.25, 0.3) is 5.91 Å². The second-order valence-corrected chi connectivity index (χ2v) is 5.47. The molecule has 3 nitrogen and oxygen atoms in total. The van der Waals surface area contributed by atoms with Crippen LogP contribution in [0.15, 0.2) is 42.5 Å². The van der Waals surface area contributed by atoms with Crippen LogP contribution in [0.4, 0.5) is 5.69 Å². The minimum Gasteiger partial charge on any atom is -0.481 e. The van der Waals surface area contributed by atoms with Crippen molar-refractivity contribution in [2.24, 2.45) is 0 Å². The third kappa shape index (κ3) is 4.23. The van der Waals surface area contributed by atoms with E-state index >= 15 is 0 Å². The smallest absolute Gasteiger partial charge is 0.265 e. The number of hydrogen-bond acceptors (Lipinski definition) is 2. The Morgan fingerprint density at radius 3 is 2.62 bits per heavy atom. The van der Waals surface area contributed by atoms with E-state index in [0.29, 0.717) is 16.5 Å². The summed E-state index contributed by atoms with van der Waals surface area (Å²) in [5, 5.41) is 3.36. The zero-order chi connectivity index (χ0) is 15.4. The molecule has 0 saturated heterocycles. The van der Waals surface area contributed by atoms with Gasteiger partial charge in [0, 0.05) is 10.7 Å². The largest absolute Gasteiger partial charge is 0.481 e. The summed E-state index contributed by atoms with van der Waals surface area (Å²) in [5.74, 6) is 0.506. The maximum absolute atomic E-state index is 12.1. The Hall–Kier alpha value is -2.00. The van der Waals surface area contributed by atoms with Gasteiger partial charge in [-0.05, 0) is 50.6 Å². The molecule has 0 unspecified atom stereocenters. The lowest BCUT2D eigenvalue weighted by Gasteiger charge is -2.16. The van der Waals surface area contributed by atoms with Crippen LogP contribution in [-0.2, 0) is 4.79 Å². The first-order chi connectivity index (χ1) is 9.95. The highest BCUT2D eigenvalue weighted by molar-refractivity contribution is 6.30. The lowest BCUT2D eigenvalue weighted by Crippen LogP contribution is -2.30. The Labute approximate surface area is 129 Å². The maximum atomic E-state index is 12.1. The van der Waals surface area contributed by atoms with Crippen LogP contribution in [0, 0.1) is 13.8 Å². The predicted octanol–water partition coefficient (Wildman–Crippen LogP) is 4.36. The highest BCUT2D eigenvalue weighted by atomic mass is 35.5. The fraction of sp³-hybridized carbons (Fsp3) is 0.235. The molecule has 0 bridgehead atoms.